The molecule has 1 aliphatic heterocycles. The molecule has 5 rings (SSSR count). The predicted molar refractivity (Wildman–Crippen MR) is 102 cm³/mol. The number of rotatable bonds is 4. The fourth-order valence-electron chi connectivity index (χ4n) is 3.99. The lowest BCUT2D eigenvalue weighted by molar-refractivity contribution is 0.0704. The highest BCUT2D eigenvalue weighted by molar-refractivity contribution is 5.96. The van der Waals surface area contributed by atoms with Gasteiger partial charge in [0.25, 0.3) is 5.91 Å². The molecule has 0 spiro atoms. The molecule has 1 amide bonds. The molecule has 0 unspecified atom stereocenters. The zero-order valence-electron chi connectivity index (χ0n) is 15.6. The van der Waals surface area contributed by atoms with E-state index in [9.17, 15) is 13.6 Å². The number of imidazole rings is 1. The molecule has 2 fully saturated rings. The Bertz CT molecular complexity index is 1080. The minimum absolute atomic E-state index is 0.00142. The lowest BCUT2D eigenvalue weighted by Gasteiger charge is -2.23. The van der Waals surface area contributed by atoms with E-state index in [-0.39, 0.29) is 17.9 Å². The molecule has 2 atom stereocenters. The van der Waals surface area contributed by atoms with E-state index in [4.69, 9.17) is 4.74 Å². The van der Waals surface area contributed by atoms with Crippen LogP contribution in [0.15, 0.2) is 36.8 Å². The second-order valence-corrected chi connectivity index (χ2v) is 7.66. The Hall–Kier alpha value is -2.87. The summed E-state index contributed by atoms with van der Waals surface area (Å²) >= 11 is 0. The summed E-state index contributed by atoms with van der Waals surface area (Å²) in [6, 6.07) is 5.83. The fourth-order valence-corrected chi connectivity index (χ4v) is 3.99. The smallest absolute Gasteiger partial charge is 0.253 e. The summed E-state index contributed by atoms with van der Waals surface area (Å²) in [4.78, 5) is 21.5. The molecular formula is C21H20F2N4O2. The van der Waals surface area contributed by atoms with Crippen molar-refractivity contribution in [1.82, 2.24) is 19.9 Å². The van der Waals surface area contributed by atoms with E-state index in [2.05, 4.69) is 19.9 Å². The van der Waals surface area contributed by atoms with Crippen LogP contribution >= 0.6 is 0 Å². The van der Waals surface area contributed by atoms with E-state index in [0.717, 1.165) is 37.8 Å². The van der Waals surface area contributed by atoms with E-state index in [1.807, 2.05) is 0 Å². The summed E-state index contributed by atoms with van der Waals surface area (Å²) in [5.41, 5.74) is 2.57. The molecule has 3 aromatic rings. The number of carbonyl (C=O) groups excluding carboxylic acids is 1. The van der Waals surface area contributed by atoms with E-state index in [1.54, 1.807) is 24.7 Å². The van der Waals surface area contributed by atoms with Crippen molar-refractivity contribution in [2.75, 3.05) is 13.2 Å². The van der Waals surface area contributed by atoms with E-state index >= 15 is 0 Å². The summed E-state index contributed by atoms with van der Waals surface area (Å²) < 4.78 is 34.0. The molecule has 1 N–H and O–H groups in total. The number of nitrogens with zero attached hydrogens (tertiary/aromatic N) is 3. The Kier molecular flexibility index (Phi) is 4.50. The van der Waals surface area contributed by atoms with E-state index in [1.165, 1.54) is 6.07 Å². The van der Waals surface area contributed by atoms with Crippen molar-refractivity contribution >= 4 is 17.1 Å². The molecule has 3 heterocycles. The minimum Gasteiger partial charge on any atom is -0.381 e. The van der Waals surface area contributed by atoms with Gasteiger partial charge in [-0.25, -0.2) is 18.7 Å². The maximum absolute atomic E-state index is 13.4. The molecule has 1 aliphatic carbocycles. The van der Waals surface area contributed by atoms with Crippen LogP contribution < -0.4 is 5.32 Å². The van der Waals surface area contributed by atoms with Crippen molar-refractivity contribution in [3.8, 4) is 0 Å². The predicted octanol–water partition coefficient (Wildman–Crippen LogP) is 3.35. The summed E-state index contributed by atoms with van der Waals surface area (Å²) in [5, 5.41) is 2.94. The van der Waals surface area contributed by atoms with Gasteiger partial charge in [-0.3, -0.25) is 4.79 Å². The van der Waals surface area contributed by atoms with Crippen LogP contribution in [0, 0.1) is 11.6 Å². The SMILES string of the molecule is O=C(N[C@H]1C[C@@H]1c1ccc(F)c(F)c1)c1cnc2c(c1)ncn2C1CCOCC1. The maximum Gasteiger partial charge on any atom is 0.253 e. The highest BCUT2D eigenvalue weighted by atomic mass is 19.2. The van der Waals surface area contributed by atoms with Gasteiger partial charge >= 0.3 is 0 Å². The normalized spacial score (nSPS) is 22.0. The van der Waals surface area contributed by atoms with E-state index in [0.29, 0.717) is 29.1 Å². The maximum atomic E-state index is 13.4. The molecule has 1 saturated heterocycles. The zero-order valence-corrected chi connectivity index (χ0v) is 15.6. The summed E-state index contributed by atoms with van der Waals surface area (Å²) in [5.74, 6) is -1.97. The zero-order chi connectivity index (χ0) is 20.0. The number of carbonyl (C=O) groups is 1. The molecule has 150 valence electrons. The van der Waals surface area contributed by atoms with Crippen LogP contribution in [0.4, 0.5) is 8.78 Å². The average Bonchev–Trinajstić information content (AvgIpc) is 3.37. The van der Waals surface area contributed by atoms with Crippen molar-refractivity contribution in [2.45, 2.75) is 37.3 Å². The van der Waals surface area contributed by atoms with Gasteiger partial charge in [0, 0.05) is 37.4 Å². The third-order valence-electron chi connectivity index (χ3n) is 5.74. The van der Waals surface area contributed by atoms with Gasteiger partial charge < -0.3 is 14.6 Å². The molecule has 1 aromatic carbocycles. The number of amides is 1. The molecular weight excluding hydrogens is 378 g/mol. The number of ether oxygens (including phenoxy) is 1. The third-order valence-corrected chi connectivity index (χ3v) is 5.74. The molecule has 6 nitrogen and oxygen atoms in total. The Labute approximate surface area is 165 Å². The van der Waals surface area contributed by atoms with Gasteiger partial charge in [0.05, 0.1) is 11.9 Å². The van der Waals surface area contributed by atoms with Crippen molar-refractivity contribution in [2.24, 2.45) is 0 Å². The number of fused-ring (bicyclic) bond motifs is 1. The first-order chi connectivity index (χ1) is 14.1. The summed E-state index contributed by atoms with van der Waals surface area (Å²) in [7, 11) is 0. The molecule has 0 radical (unpaired) electrons. The second kappa shape index (κ2) is 7.18. The largest absolute Gasteiger partial charge is 0.381 e. The van der Waals surface area contributed by atoms with Gasteiger partial charge in [0.2, 0.25) is 0 Å². The van der Waals surface area contributed by atoms with Crippen LogP contribution in [-0.2, 0) is 4.74 Å². The molecule has 29 heavy (non-hydrogen) atoms. The number of benzene rings is 1. The number of halogens is 2. The van der Waals surface area contributed by atoms with Crippen molar-refractivity contribution in [1.29, 1.82) is 0 Å². The Morgan fingerprint density at radius 1 is 1.14 bits per heavy atom. The van der Waals surface area contributed by atoms with Gasteiger partial charge in [-0.1, -0.05) is 6.07 Å². The number of pyridine rings is 1. The van der Waals surface area contributed by atoms with Crippen molar-refractivity contribution in [3.63, 3.8) is 0 Å². The third kappa shape index (κ3) is 3.48. The highest BCUT2D eigenvalue weighted by Crippen LogP contribution is 2.41. The standard InChI is InChI=1S/C21H20F2N4O2/c22-16-2-1-12(7-17(16)23)15-9-18(15)26-21(28)13-8-19-20(24-10-13)27(11-25-19)14-3-5-29-6-4-14/h1-2,7-8,10-11,14-15,18H,3-6,9H2,(H,26,28)/t15-,18+/m1/s1. The first-order valence-electron chi connectivity index (χ1n) is 9.76. The second-order valence-electron chi connectivity index (χ2n) is 7.66. The topological polar surface area (TPSA) is 69.0 Å². The van der Waals surface area contributed by atoms with Crippen LogP contribution in [0.1, 0.15) is 47.1 Å². The van der Waals surface area contributed by atoms with Crippen LogP contribution in [-0.4, -0.2) is 39.7 Å². The first kappa shape index (κ1) is 18.2. The van der Waals surface area contributed by atoms with Crippen LogP contribution in [0.5, 0.6) is 0 Å². The van der Waals surface area contributed by atoms with Gasteiger partial charge in [0.1, 0.15) is 5.52 Å². The van der Waals surface area contributed by atoms with Crippen LogP contribution in [0.2, 0.25) is 0 Å². The molecule has 1 saturated carbocycles. The molecule has 2 aromatic heterocycles. The number of nitrogens with one attached hydrogen (secondary N) is 1. The highest BCUT2D eigenvalue weighted by Gasteiger charge is 2.40. The van der Waals surface area contributed by atoms with Gasteiger partial charge in [-0.2, -0.15) is 0 Å². The Morgan fingerprint density at radius 3 is 2.76 bits per heavy atom. The molecule has 8 heteroatoms. The van der Waals surface area contributed by atoms with Crippen LogP contribution in [0.3, 0.4) is 0 Å². The number of hydrogen-bond acceptors (Lipinski definition) is 4. The quantitative estimate of drug-likeness (QED) is 0.732. The number of aromatic nitrogens is 3. The first-order valence-corrected chi connectivity index (χ1v) is 9.76. The Morgan fingerprint density at radius 2 is 1.97 bits per heavy atom. The van der Waals surface area contributed by atoms with Gasteiger partial charge in [-0.05, 0) is 43.0 Å². The van der Waals surface area contributed by atoms with Gasteiger partial charge in [-0.15, -0.1) is 0 Å². The average molecular weight is 398 g/mol. The monoisotopic (exact) mass is 398 g/mol. The summed E-state index contributed by atoms with van der Waals surface area (Å²) in [6.45, 7) is 1.46. The molecule has 2 aliphatic rings. The fraction of sp³-hybridized carbons (Fsp3) is 0.381. The van der Waals surface area contributed by atoms with Crippen LogP contribution in [0.25, 0.3) is 11.2 Å². The molecule has 0 bridgehead atoms. The van der Waals surface area contributed by atoms with Crippen molar-refractivity contribution in [3.05, 3.63) is 59.6 Å². The van der Waals surface area contributed by atoms with Crippen molar-refractivity contribution < 1.29 is 18.3 Å². The lowest BCUT2D eigenvalue weighted by atomic mass is 10.1. The minimum atomic E-state index is -0.866. The lowest BCUT2D eigenvalue weighted by Crippen LogP contribution is -2.26. The van der Waals surface area contributed by atoms with Gasteiger partial charge in [0.15, 0.2) is 17.3 Å². The summed E-state index contributed by atoms with van der Waals surface area (Å²) in [6.07, 6.45) is 5.87. The number of hydrogen-bond donors (Lipinski definition) is 1. The Balaban J connectivity index is 1.28. The van der Waals surface area contributed by atoms with E-state index < -0.39 is 11.6 Å².